The van der Waals surface area contributed by atoms with Crippen LogP contribution in [-0.2, 0) is 9.53 Å². The van der Waals surface area contributed by atoms with Crippen LogP contribution in [0.15, 0.2) is 42.5 Å². The van der Waals surface area contributed by atoms with E-state index < -0.39 is 5.97 Å². The van der Waals surface area contributed by atoms with Crippen LogP contribution in [0, 0.1) is 6.92 Å². The summed E-state index contributed by atoms with van der Waals surface area (Å²) in [6.45, 7) is 6.85. The number of hydrogen-bond donors (Lipinski definition) is 2. The number of esters is 1. The lowest BCUT2D eigenvalue weighted by atomic mass is 10.1. The Labute approximate surface area is 192 Å². The molecule has 8 heteroatoms. The molecule has 2 aromatic carbocycles. The van der Waals surface area contributed by atoms with Crippen LogP contribution in [0.3, 0.4) is 0 Å². The van der Waals surface area contributed by atoms with Crippen molar-refractivity contribution >= 4 is 45.8 Å². The van der Waals surface area contributed by atoms with Crippen molar-refractivity contribution in [3.8, 4) is 0 Å². The number of halogens is 1. The number of piperazine rings is 1. The fourth-order valence-corrected chi connectivity index (χ4v) is 4.60. The third-order valence-electron chi connectivity index (χ3n) is 5.84. The number of H-pyrrole nitrogens is 1. The van der Waals surface area contributed by atoms with Crippen molar-refractivity contribution in [3.05, 3.63) is 58.7 Å². The van der Waals surface area contributed by atoms with Gasteiger partial charge in [0.1, 0.15) is 5.69 Å². The molecule has 0 aliphatic carbocycles. The van der Waals surface area contributed by atoms with Gasteiger partial charge in [0.2, 0.25) is 5.91 Å². The van der Waals surface area contributed by atoms with Gasteiger partial charge in [-0.3, -0.25) is 9.69 Å². The van der Waals surface area contributed by atoms with E-state index in [1.807, 2.05) is 0 Å². The minimum atomic E-state index is -0.562. The molecule has 1 atom stereocenters. The highest BCUT2D eigenvalue weighted by Gasteiger charge is 2.27. The molecule has 0 bridgehead atoms. The molecule has 3 aromatic rings. The number of aromatic nitrogens is 1. The molecule has 1 fully saturated rings. The molecule has 1 aromatic heterocycles. The lowest BCUT2D eigenvalue weighted by molar-refractivity contribution is -0.117. The molecule has 2 N–H and O–H groups in total. The molecule has 1 aliphatic rings. The second-order valence-electron chi connectivity index (χ2n) is 8.19. The lowest BCUT2D eigenvalue weighted by Crippen LogP contribution is -2.53. The van der Waals surface area contributed by atoms with Crippen LogP contribution in [0.1, 0.15) is 23.0 Å². The molecule has 0 unspecified atom stereocenters. The average Bonchev–Trinajstić information content (AvgIpc) is 3.12. The fourth-order valence-electron chi connectivity index (χ4n) is 4.33. The number of nitrogens with one attached hydrogen (secondary N) is 2. The number of methoxy groups -OCH3 is 1. The van der Waals surface area contributed by atoms with E-state index in [1.165, 1.54) is 18.4 Å². The van der Waals surface area contributed by atoms with Gasteiger partial charge in [0.15, 0.2) is 0 Å². The van der Waals surface area contributed by atoms with Crippen molar-refractivity contribution < 1.29 is 14.3 Å². The van der Waals surface area contributed by atoms with Crippen molar-refractivity contribution in [2.24, 2.45) is 0 Å². The largest absolute Gasteiger partial charge is 0.464 e. The first-order chi connectivity index (χ1) is 15.4. The second-order valence-corrected chi connectivity index (χ2v) is 8.60. The zero-order chi connectivity index (χ0) is 22.8. The summed E-state index contributed by atoms with van der Waals surface area (Å²) in [4.78, 5) is 32.7. The molecule has 32 heavy (non-hydrogen) atoms. The van der Waals surface area contributed by atoms with E-state index in [1.54, 1.807) is 18.2 Å². The van der Waals surface area contributed by atoms with Crippen LogP contribution < -0.4 is 10.2 Å². The summed E-state index contributed by atoms with van der Waals surface area (Å²) in [5.41, 5.74) is 3.64. The summed E-state index contributed by atoms with van der Waals surface area (Å²) in [6.07, 6.45) is 0. The summed E-state index contributed by atoms with van der Waals surface area (Å²) >= 11 is 6.36. The third-order valence-corrected chi connectivity index (χ3v) is 6.15. The zero-order valence-electron chi connectivity index (χ0n) is 18.4. The van der Waals surface area contributed by atoms with E-state index in [0.717, 1.165) is 19.6 Å². The van der Waals surface area contributed by atoms with Crippen molar-refractivity contribution in [3.63, 3.8) is 0 Å². The van der Waals surface area contributed by atoms with E-state index in [-0.39, 0.29) is 24.2 Å². The Kier molecular flexibility index (Phi) is 6.39. The first-order valence-electron chi connectivity index (χ1n) is 10.6. The Hall–Kier alpha value is -3.03. The van der Waals surface area contributed by atoms with E-state index in [4.69, 9.17) is 16.3 Å². The van der Waals surface area contributed by atoms with Gasteiger partial charge in [-0.05, 0) is 43.7 Å². The predicted molar refractivity (Wildman–Crippen MR) is 128 cm³/mol. The summed E-state index contributed by atoms with van der Waals surface area (Å²) < 4.78 is 4.87. The molecule has 1 aliphatic heterocycles. The molecular weight excluding hydrogens is 428 g/mol. The molecule has 2 heterocycles. The van der Waals surface area contributed by atoms with E-state index >= 15 is 0 Å². The van der Waals surface area contributed by atoms with Crippen LogP contribution >= 0.6 is 11.6 Å². The standard InChI is InChI=1S/C24H27ClN4O3/c1-15-6-4-7-17(12-15)29-11-10-28(13-16(29)2)14-20(30)27-22-21-18(25)8-5-9-19(21)26-23(22)24(31)32-3/h4-9,12,16,26H,10-11,13-14H2,1-3H3,(H,27,30)/t16-/m0/s1. The summed E-state index contributed by atoms with van der Waals surface area (Å²) in [5.74, 6) is -0.764. The smallest absolute Gasteiger partial charge is 0.356 e. The monoisotopic (exact) mass is 454 g/mol. The summed E-state index contributed by atoms with van der Waals surface area (Å²) in [7, 11) is 1.30. The molecular formula is C24H27ClN4O3. The highest BCUT2D eigenvalue weighted by atomic mass is 35.5. The number of carbonyl (C=O) groups is 2. The van der Waals surface area contributed by atoms with Crippen LogP contribution in [0.4, 0.5) is 11.4 Å². The van der Waals surface area contributed by atoms with Crippen molar-refractivity contribution in [1.29, 1.82) is 0 Å². The Bertz CT molecular complexity index is 1160. The maximum atomic E-state index is 12.9. The third kappa shape index (κ3) is 4.45. The molecule has 4 rings (SSSR count). The van der Waals surface area contributed by atoms with Gasteiger partial charge in [-0.2, -0.15) is 0 Å². The highest BCUT2D eigenvalue weighted by Crippen LogP contribution is 2.34. The number of rotatable bonds is 5. The topological polar surface area (TPSA) is 77.7 Å². The van der Waals surface area contributed by atoms with Crippen LogP contribution in [0.2, 0.25) is 5.02 Å². The predicted octanol–water partition coefficient (Wildman–Crippen LogP) is 4.07. The van der Waals surface area contributed by atoms with Crippen molar-refractivity contribution in [2.75, 3.05) is 43.5 Å². The quantitative estimate of drug-likeness (QED) is 0.568. The van der Waals surface area contributed by atoms with Gasteiger partial charge in [-0.15, -0.1) is 0 Å². The number of anilines is 2. The molecule has 7 nitrogen and oxygen atoms in total. The molecule has 0 spiro atoms. The maximum Gasteiger partial charge on any atom is 0.356 e. The number of amides is 1. The number of nitrogens with zero attached hydrogens (tertiary/aromatic N) is 2. The number of fused-ring (bicyclic) bond motifs is 1. The van der Waals surface area contributed by atoms with Gasteiger partial charge in [-0.25, -0.2) is 4.79 Å². The average molecular weight is 455 g/mol. The second kappa shape index (κ2) is 9.22. The van der Waals surface area contributed by atoms with Gasteiger partial charge in [0.25, 0.3) is 0 Å². The van der Waals surface area contributed by atoms with Crippen LogP contribution in [-0.4, -0.2) is 61.1 Å². The number of hydrogen-bond acceptors (Lipinski definition) is 5. The van der Waals surface area contributed by atoms with E-state index in [0.29, 0.717) is 21.6 Å². The fraction of sp³-hybridized carbons (Fsp3) is 0.333. The van der Waals surface area contributed by atoms with Gasteiger partial charge in [0, 0.05) is 42.3 Å². The number of ether oxygens (including phenoxy) is 1. The number of aromatic amines is 1. The normalized spacial score (nSPS) is 16.9. The van der Waals surface area contributed by atoms with E-state index in [2.05, 4.69) is 58.2 Å². The minimum absolute atomic E-state index is 0.182. The summed E-state index contributed by atoms with van der Waals surface area (Å²) in [6, 6.07) is 14.1. The Morgan fingerprint density at radius 3 is 2.72 bits per heavy atom. The van der Waals surface area contributed by atoms with Gasteiger partial charge in [0.05, 0.1) is 24.4 Å². The van der Waals surface area contributed by atoms with Crippen molar-refractivity contribution in [1.82, 2.24) is 9.88 Å². The zero-order valence-corrected chi connectivity index (χ0v) is 19.2. The Morgan fingerprint density at radius 1 is 1.22 bits per heavy atom. The SMILES string of the molecule is COC(=O)c1[nH]c2cccc(Cl)c2c1NC(=O)CN1CCN(c2cccc(C)c2)[C@@H](C)C1. The molecule has 1 saturated heterocycles. The van der Waals surface area contributed by atoms with Crippen LogP contribution in [0.25, 0.3) is 10.9 Å². The lowest BCUT2D eigenvalue weighted by Gasteiger charge is -2.41. The number of aryl methyl sites for hydroxylation is 1. The van der Waals surface area contributed by atoms with Gasteiger partial charge < -0.3 is 19.9 Å². The van der Waals surface area contributed by atoms with Gasteiger partial charge in [-0.1, -0.05) is 29.8 Å². The molecule has 1 amide bonds. The first kappa shape index (κ1) is 22.2. The molecule has 0 radical (unpaired) electrons. The number of benzene rings is 2. The van der Waals surface area contributed by atoms with Gasteiger partial charge >= 0.3 is 5.97 Å². The van der Waals surface area contributed by atoms with E-state index in [9.17, 15) is 9.59 Å². The van der Waals surface area contributed by atoms with Crippen molar-refractivity contribution in [2.45, 2.75) is 19.9 Å². The maximum absolute atomic E-state index is 12.9. The minimum Gasteiger partial charge on any atom is -0.464 e. The summed E-state index contributed by atoms with van der Waals surface area (Å²) in [5, 5.41) is 3.94. The molecule has 168 valence electrons. The first-order valence-corrected chi connectivity index (χ1v) is 11.0. The highest BCUT2D eigenvalue weighted by molar-refractivity contribution is 6.37. The Morgan fingerprint density at radius 2 is 2.00 bits per heavy atom. The van der Waals surface area contributed by atoms with Crippen LogP contribution in [0.5, 0.6) is 0 Å². The molecule has 0 saturated carbocycles. The number of carbonyl (C=O) groups excluding carboxylic acids is 2. The Balaban J connectivity index is 1.47.